The summed E-state index contributed by atoms with van der Waals surface area (Å²) in [5, 5.41) is 0.451. The van der Waals surface area contributed by atoms with E-state index < -0.39 is 17.8 Å². The van der Waals surface area contributed by atoms with Gasteiger partial charge in [-0.25, -0.2) is 14.6 Å². The minimum atomic E-state index is -0.780. The Balaban J connectivity index is 2.40. The molecule has 80 valence electrons. The van der Waals surface area contributed by atoms with Gasteiger partial charge in [-0.3, -0.25) is 9.59 Å². The SMILES string of the molecule is O=C=NCCC(=O)ON1C(=O)CCC1=O. The minimum absolute atomic E-state index is 0.0542. The largest absolute Gasteiger partial charge is 0.335 e. The van der Waals surface area contributed by atoms with Crippen LogP contribution in [0.15, 0.2) is 4.99 Å². The molecule has 0 aliphatic carbocycles. The third-order valence-electron chi connectivity index (χ3n) is 1.69. The van der Waals surface area contributed by atoms with Gasteiger partial charge in [-0.2, -0.15) is 0 Å². The number of hydrogen-bond acceptors (Lipinski definition) is 6. The third-order valence-corrected chi connectivity index (χ3v) is 1.69. The average Bonchev–Trinajstić information content (AvgIpc) is 2.50. The number of hydrogen-bond donors (Lipinski definition) is 0. The van der Waals surface area contributed by atoms with Gasteiger partial charge in [-0.05, 0) is 0 Å². The zero-order valence-electron chi connectivity index (χ0n) is 7.76. The van der Waals surface area contributed by atoms with E-state index in [2.05, 4.69) is 9.83 Å². The van der Waals surface area contributed by atoms with Gasteiger partial charge in [0.1, 0.15) is 0 Å². The Labute approximate surface area is 84.7 Å². The Morgan fingerprint density at radius 3 is 2.53 bits per heavy atom. The Morgan fingerprint density at radius 2 is 2.00 bits per heavy atom. The van der Waals surface area contributed by atoms with Crippen molar-refractivity contribution >= 4 is 23.9 Å². The number of rotatable bonds is 4. The summed E-state index contributed by atoms with van der Waals surface area (Å²) in [4.78, 5) is 50.3. The van der Waals surface area contributed by atoms with Gasteiger partial charge in [-0.15, -0.1) is 5.06 Å². The third kappa shape index (κ3) is 2.99. The summed E-state index contributed by atoms with van der Waals surface area (Å²) in [5.74, 6) is -1.85. The van der Waals surface area contributed by atoms with Gasteiger partial charge < -0.3 is 4.84 Å². The van der Waals surface area contributed by atoms with E-state index in [1.807, 2.05) is 0 Å². The first-order chi connectivity index (χ1) is 7.15. The summed E-state index contributed by atoms with van der Waals surface area (Å²) in [6.07, 6.45) is 1.19. The molecule has 0 radical (unpaired) electrons. The summed E-state index contributed by atoms with van der Waals surface area (Å²) in [6, 6.07) is 0. The fourth-order valence-corrected chi connectivity index (χ4v) is 0.998. The molecule has 15 heavy (non-hydrogen) atoms. The fourth-order valence-electron chi connectivity index (χ4n) is 0.998. The van der Waals surface area contributed by atoms with E-state index in [-0.39, 0.29) is 25.8 Å². The lowest BCUT2D eigenvalue weighted by atomic mass is 10.4. The van der Waals surface area contributed by atoms with Crippen molar-refractivity contribution in [3.05, 3.63) is 0 Å². The van der Waals surface area contributed by atoms with Crippen molar-refractivity contribution in [2.45, 2.75) is 19.3 Å². The van der Waals surface area contributed by atoms with Crippen molar-refractivity contribution in [1.29, 1.82) is 0 Å². The Morgan fingerprint density at radius 1 is 1.40 bits per heavy atom. The Hall–Kier alpha value is -2.01. The van der Waals surface area contributed by atoms with Crippen LogP contribution in [-0.4, -0.2) is 35.5 Å². The van der Waals surface area contributed by atoms with Crippen molar-refractivity contribution in [3.63, 3.8) is 0 Å². The van der Waals surface area contributed by atoms with Crippen LogP contribution in [0.3, 0.4) is 0 Å². The predicted octanol–water partition coefficient (Wildman–Crippen LogP) is -0.681. The van der Waals surface area contributed by atoms with E-state index in [0.29, 0.717) is 5.06 Å². The maximum absolute atomic E-state index is 11.0. The van der Waals surface area contributed by atoms with Crippen LogP contribution in [0.2, 0.25) is 0 Å². The van der Waals surface area contributed by atoms with Gasteiger partial charge in [0.15, 0.2) is 0 Å². The zero-order chi connectivity index (χ0) is 11.3. The molecule has 0 saturated carbocycles. The maximum atomic E-state index is 11.0. The van der Waals surface area contributed by atoms with E-state index in [1.54, 1.807) is 0 Å². The average molecular weight is 212 g/mol. The molecular weight excluding hydrogens is 204 g/mol. The molecule has 0 aromatic carbocycles. The lowest BCUT2D eigenvalue weighted by molar-refractivity contribution is -0.197. The molecule has 1 rings (SSSR count). The molecule has 1 heterocycles. The highest BCUT2D eigenvalue weighted by Crippen LogP contribution is 2.12. The molecule has 0 atom stereocenters. The number of isocyanates is 1. The van der Waals surface area contributed by atoms with Gasteiger partial charge >= 0.3 is 5.97 Å². The molecule has 0 N–H and O–H groups in total. The summed E-state index contributed by atoms with van der Waals surface area (Å²) in [7, 11) is 0. The smallest absolute Gasteiger partial charge is 0.330 e. The number of nitrogens with zero attached hydrogens (tertiary/aromatic N) is 2. The van der Waals surface area contributed by atoms with Crippen LogP contribution in [0.1, 0.15) is 19.3 Å². The highest BCUT2D eigenvalue weighted by molar-refractivity contribution is 6.01. The van der Waals surface area contributed by atoms with Gasteiger partial charge in [0.05, 0.1) is 13.0 Å². The van der Waals surface area contributed by atoms with Gasteiger partial charge in [0.2, 0.25) is 6.08 Å². The molecule has 1 aliphatic rings. The van der Waals surface area contributed by atoms with Crippen LogP contribution < -0.4 is 0 Å². The monoisotopic (exact) mass is 212 g/mol. The van der Waals surface area contributed by atoms with Crippen molar-refractivity contribution in [3.8, 4) is 0 Å². The van der Waals surface area contributed by atoms with Crippen LogP contribution in [-0.2, 0) is 24.0 Å². The lowest BCUT2D eigenvalue weighted by Gasteiger charge is -2.11. The van der Waals surface area contributed by atoms with Crippen LogP contribution in [0.5, 0.6) is 0 Å². The second-order valence-corrected chi connectivity index (χ2v) is 2.77. The Kier molecular flexibility index (Phi) is 3.70. The second-order valence-electron chi connectivity index (χ2n) is 2.77. The normalized spacial score (nSPS) is 15.1. The summed E-state index contributed by atoms with van der Waals surface area (Å²) >= 11 is 0. The maximum Gasteiger partial charge on any atom is 0.335 e. The molecule has 7 nitrogen and oxygen atoms in total. The highest BCUT2D eigenvalue weighted by atomic mass is 16.7. The minimum Gasteiger partial charge on any atom is -0.330 e. The summed E-state index contributed by atoms with van der Waals surface area (Å²) in [6.45, 7) is -0.0709. The standard InChI is InChI=1S/C8H8N2O5/c11-5-9-4-3-8(14)15-10-6(12)1-2-7(10)13/h1-4H2. The molecule has 2 amide bonds. The first-order valence-electron chi connectivity index (χ1n) is 4.25. The van der Waals surface area contributed by atoms with Gasteiger partial charge in [0.25, 0.3) is 11.8 Å². The van der Waals surface area contributed by atoms with Crippen LogP contribution in [0, 0.1) is 0 Å². The molecule has 1 fully saturated rings. The molecule has 0 aromatic rings. The second kappa shape index (κ2) is 5.02. The highest BCUT2D eigenvalue weighted by Gasteiger charge is 2.32. The van der Waals surface area contributed by atoms with Crippen molar-refractivity contribution in [2.24, 2.45) is 4.99 Å². The number of hydroxylamine groups is 2. The molecule has 0 aromatic heterocycles. The molecule has 0 unspecified atom stereocenters. The molecule has 1 saturated heterocycles. The first-order valence-corrected chi connectivity index (χ1v) is 4.25. The molecule has 0 spiro atoms. The van der Waals surface area contributed by atoms with Crippen molar-refractivity contribution < 1.29 is 24.0 Å². The topological polar surface area (TPSA) is 93.1 Å². The van der Waals surface area contributed by atoms with Crippen LogP contribution in [0.25, 0.3) is 0 Å². The predicted molar refractivity (Wildman–Crippen MR) is 44.8 cm³/mol. The lowest BCUT2D eigenvalue weighted by Crippen LogP contribution is -2.32. The van der Waals surface area contributed by atoms with Gasteiger partial charge in [-0.1, -0.05) is 0 Å². The van der Waals surface area contributed by atoms with Crippen molar-refractivity contribution in [1.82, 2.24) is 5.06 Å². The van der Waals surface area contributed by atoms with Gasteiger partial charge in [0, 0.05) is 12.8 Å². The van der Waals surface area contributed by atoms with Crippen LogP contribution >= 0.6 is 0 Å². The van der Waals surface area contributed by atoms with E-state index in [1.165, 1.54) is 6.08 Å². The number of amides is 2. The zero-order valence-corrected chi connectivity index (χ0v) is 7.76. The number of aliphatic imine (C=N–C) groups is 1. The number of carbonyl (C=O) groups excluding carboxylic acids is 4. The van der Waals surface area contributed by atoms with E-state index in [0.717, 1.165) is 0 Å². The van der Waals surface area contributed by atoms with Crippen molar-refractivity contribution in [2.75, 3.05) is 6.54 Å². The van der Waals surface area contributed by atoms with E-state index >= 15 is 0 Å². The summed E-state index contributed by atoms with van der Waals surface area (Å²) in [5.41, 5.74) is 0. The fraction of sp³-hybridized carbons (Fsp3) is 0.500. The number of carbonyl (C=O) groups is 3. The quantitative estimate of drug-likeness (QED) is 0.349. The number of imide groups is 1. The molecule has 7 heteroatoms. The Bertz CT molecular complexity index is 329. The van der Waals surface area contributed by atoms with Crippen LogP contribution in [0.4, 0.5) is 0 Å². The summed E-state index contributed by atoms with van der Waals surface area (Å²) < 4.78 is 0. The van der Waals surface area contributed by atoms with E-state index in [9.17, 15) is 19.2 Å². The molecular formula is C8H8N2O5. The first kappa shape index (κ1) is 11.1. The van der Waals surface area contributed by atoms with E-state index in [4.69, 9.17) is 0 Å². The molecule has 0 bridgehead atoms. The molecule has 1 aliphatic heterocycles.